The van der Waals surface area contributed by atoms with Crippen LogP contribution in [0.4, 0.5) is 0 Å². The molecule has 0 aliphatic rings. The molecule has 1 aromatic carbocycles. The van der Waals surface area contributed by atoms with Crippen molar-refractivity contribution in [3.05, 3.63) is 27.7 Å². The second-order valence-corrected chi connectivity index (χ2v) is 8.09. The molecule has 0 saturated carbocycles. The van der Waals surface area contributed by atoms with Gasteiger partial charge in [-0.15, -0.1) is 0 Å². The van der Waals surface area contributed by atoms with E-state index in [-0.39, 0.29) is 16.8 Å². The minimum atomic E-state index is -3.89. The molecule has 0 fully saturated rings. The van der Waals surface area contributed by atoms with Gasteiger partial charge in [0, 0.05) is 33.3 Å². The number of rotatable bonds is 4. The highest BCUT2D eigenvalue weighted by molar-refractivity contribution is 9.10. The van der Waals surface area contributed by atoms with E-state index in [2.05, 4.69) is 15.9 Å². The number of halogens is 2. The van der Waals surface area contributed by atoms with Gasteiger partial charge in [-0.1, -0.05) is 15.9 Å². The van der Waals surface area contributed by atoms with E-state index < -0.39 is 9.05 Å². The van der Waals surface area contributed by atoms with Gasteiger partial charge in [0.2, 0.25) is 0 Å². The Balaban J connectivity index is 3.42. The highest BCUT2D eigenvalue weighted by Crippen LogP contribution is 2.28. The third-order valence-corrected chi connectivity index (χ3v) is 5.30. The third kappa shape index (κ3) is 3.74. The Bertz CT molecular complexity index is 629. The van der Waals surface area contributed by atoms with Crippen molar-refractivity contribution in [3.8, 4) is 0 Å². The number of nitrogens with zero attached hydrogens (tertiary/aromatic N) is 1. The van der Waals surface area contributed by atoms with Gasteiger partial charge in [-0.3, -0.25) is 4.79 Å². The van der Waals surface area contributed by atoms with Crippen molar-refractivity contribution in [2.45, 2.75) is 38.6 Å². The highest BCUT2D eigenvalue weighted by Gasteiger charge is 2.22. The lowest BCUT2D eigenvalue weighted by atomic mass is 10.1. The standard InChI is InChI=1S/C13H17BrClNO3S/c1-5-16(8(2)3)13(17)10-6-11(14)9(4)12(7-10)20(15,18)19/h6-8H,5H2,1-4H3. The van der Waals surface area contributed by atoms with Crippen molar-refractivity contribution in [2.24, 2.45) is 0 Å². The smallest absolute Gasteiger partial charge is 0.261 e. The first-order valence-electron chi connectivity index (χ1n) is 6.15. The zero-order valence-electron chi connectivity index (χ0n) is 11.8. The number of carbonyl (C=O) groups is 1. The molecule has 20 heavy (non-hydrogen) atoms. The summed E-state index contributed by atoms with van der Waals surface area (Å²) in [5.41, 5.74) is 0.793. The number of hydrogen-bond donors (Lipinski definition) is 0. The van der Waals surface area contributed by atoms with Gasteiger partial charge in [-0.05, 0) is 45.4 Å². The minimum Gasteiger partial charge on any atom is -0.337 e. The first-order valence-corrected chi connectivity index (χ1v) is 9.25. The van der Waals surface area contributed by atoms with E-state index in [9.17, 15) is 13.2 Å². The van der Waals surface area contributed by atoms with E-state index >= 15 is 0 Å². The average molecular weight is 383 g/mol. The average Bonchev–Trinajstić information content (AvgIpc) is 2.31. The van der Waals surface area contributed by atoms with Crippen LogP contribution in [0.5, 0.6) is 0 Å². The topological polar surface area (TPSA) is 54.5 Å². The Labute approximate surface area is 132 Å². The maximum absolute atomic E-state index is 12.4. The Morgan fingerprint density at radius 1 is 1.40 bits per heavy atom. The molecule has 7 heteroatoms. The van der Waals surface area contributed by atoms with Crippen molar-refractivity contribution in [3.63, 3.8) is 0 Å². The SMILES string of the molecule is CCN(C(=O)c1cc(Br)c(C)c(S(=O)(=O)Cl)c1)C(C)C. The molecule has 0 atom stereocenters. The molecule has 0 N–H and O–H groups in total. The van der Waals surface area contributed by atoms with Gasteiger partial charge in [0.25, 0.3) is 15.0 Å². The first-order chi connectivity index (χ1) is 9.09. The Kier molecular flexibility index (Phi) is 5.63. The van der Waals surface area contributed by atoms with E-state index in [0.717, 1.165) is 0 Å². The van der Waals surface area contributed by atoms with Gasteiger partial charge in [0.15, 0.2) is 0 Å². The molecule has 0 bridgehead atoms. The minimum absolute atomic E-state index is 0.0311. The van der Waals surface area contributed by atoms with Crippen LogP contribution < -0.4 is 0 Å². The first kappa shape index (κ1) is 17.5. The molecule has 0 saturated heterocycles. The fourth-order valence-corrected chi connectivity index (χ4v) is 3.76. The summed E-state index contributed by atoms with van der Waals surface area (Å²) in [5.74, 6) is -0.218. The van der Waals surface area contributed by atoms with Gasteiger partial charge in [0.05, 0.1) is 4.90 Å². The Hall–Kier alpha value is -0.590. The summed E-state index contributed by atoms with van der Waals surface area (Å²) >= 11 is 3.27. The third-order valence-electron chi connectivity index (χ3n) is 3.03. The lowest BCUT2D eigenvalue weighted by molar-refractivity contribution is 0.0716. The molecule has 1 aromatic rings. The predicted molar refractivity (Wildman–Crippen MR) is 83.8 cm³/mol. The van der Waals surface area contributed by atoms with Crippen molar-refractivity contribution in [1.82, 2.24) is 4.90 Å². The molecule has 0 spiro atoms. The van der Waals surface area contributed by atoms with Crippen LogP contribution in [0.3, 0.4) is 0 Å². The molecule has 0 radical (unpaired) electrons. The quantitative estimate of drug-likeness (QED) is 0.748. The second-order valence-electron chi connectivity index (χ2n) is 4.70. The monoisotopic (exact) mass is 381 g/mol. The van der Waals surface area contributed by atoms with Crippen LogP contribution >= 0.6 is 26.6 Å². The molecule has 0 aromatic heterocycles. The highest BCUT2D eigenvalue weighted by atomic mass is 79.9. The maximum atomic E-state index is 12.4. The summed E-state index contributed by atoms with van der Waals surface area (Å²) in [5, 5.41) is 0. The van der Waals surface area contributed by atoms with Crippen molar-refractivity contribution >= 4 is 41.6 Å². The Morgan fingerprint density at radius 3 is 2.35 bits per heavy atom. The van der Waals surface area contributed by atoms with Gasteiger partial charge >= 0.3 is 0 Å². The molecular formula is C13H17BrClNO3S. The van der Waals surface area contributed by atoms with E-state index in [1.807, 2.05) is 20.8 Å². The van der Waals surface area contributed by atoms with E-state index in [0.29, 0.717) is 22.1 Å². The fourth-order valence-electron chi connectivity index (χ4n) is 1.94. The van der Waals surface area contributed by atoms with Crippen LogP contribution in [0.2, 0.25) is 0 Å². The van der Waals surface area contributed by atoms with E-state index in [4.69, 9.17) is 10.7 Å². The van der Waals surface area contributed by atoms with Gasteiger partial charge in [0.1, 0.15) is 0 Å². The summed E-state index contributed by atoms with van der Waals surface area (Å²) in [7, 11) is 1.52. The number of amides is 1. The second kappa shape index (κ2) is 6.45. The molecule has 1 rings (SSSR count). The zero-order valence-corrected chi connectivity index (χ0v) is 14.9. The lowest BCUT2D eigenvalue weighted by Gasteiger charge is -2.25. The number of carbonyl (C=O) groups excluding carboxylic acids is 1. The molecule has 0 aliphatic heterocycles. The Morgan fingerprint density at radius 2 is 1.95 bits per heavy atom. The fraction of sp³-hybridized carbons (Fsp3) is 0.462. The van der Waals surface area contributed by atoms with Crippen molar-refractivity contribution < 1.29 is 13.2 Å². The molecule has 1 amide bonds. The molecule has 0 aliphatic carbocycles. The van der Waals surface area contributed by atoms with Crippen molar-refractivity contribution in [2.75, 3.05) is 6.54 Å². The molecule has 0 heterocycles. The van der Waals surface area contributed by atoms with Gasteiger partial charge < -0.3 is 4.90 Å². The zero-order chi connectivity index (χ0) is 15.7. The summed E-state index contributed by atoms with van der Waals surface area (Å²) in [6.45, 7) is 7.87. The van der Waals surface area contributed by atoms with Crippen LogP contribution in [0.15, 0.2) is 21.5 Å². The number of benzene rings is 1. The van der Waals surface area contributed by atoms with E-state index in [1.165, 1.54) is 6.07 Å². The maximum Gasteiger partial charge on any atom is 0.261 e. The summed E-state index contributed by atoms with van der Waals surface area (Å²) in [4.78, 5) is 14.0. The van der Waals surface area contributed by atoms with Gasteiger partial charge in [-0.25, -0.2) is 8.42 Å². The summed E-state index contributed by atoms with van der Waals surface area (Å²) < 4.78 is 23.7. The number of hydrogen-bond acceptors (Lipinski definition) is 3. The van der Waals surface area contributed by atoms with Crippen LogP contribution in [-0.2, 0) is 9.05 Å². The normalized spacial score (nSPS) is 11.8. The lowest BCUT2D eigenvalue weighted by Crippen LogP contribution is -2.36. The molecule has 0 unspecified atom stereocenters. The summed E-state index contributed by atoms with van der Waals surface area (Å²) in [6, 6.07) is 2.98. The van der Waals surface area contributed by atoms with Crippen LogP contribution in [-0.4, -0.2) is 31.8 Å². The molecular weight excluding hydrogens is 366 g/mol. The molecule has 112 valence electrons. The largest absolute Gasteiger partial charge is 0.337 e. The molecule has 4 nitrogen and oxygen atoms in total. The van der Waals surface area contributed by atoms with Crippen molar-refractivity contribution in [1.29, 1.82) is 0 Å². The van der Waals surface area contributed by atoms with Crippen LogP contribution in [0.25, 0.3) is 0 Å². The van der Waals surface area contributed by atoms with Gasteiger partial charge in [-0.2, -0.15) is 0 Å². The predicted octanol–water partition coefficient (Wildman–Crippen LogP) is 3.56. The van der Waals surface area contributed by atoms with Crippen LogP contribution in [0.1, 0.15) is 36.7 Å². The van der Waals surface area contributed by atoms with E-state index in [1.54, 1.807) is 17.9 Å². The van der Waals surface area contributed by atoms with Crippen LogP contribution in [0, 0.1) is 6.92 Å². The summed E-state index contributed by atoms with van der Waals surface area (Å²) in [6.07, 6.45) is 0.